The fraction of sp³-hybridized carbons (Fsp3) is 0.333. The van der Waals surface area contributed by atoms with Gasteiger partial charge in [-0.15, -0.1) is 0 Å². The third-order valence-electron chi connectivity index (χ3n) is 4.20. The molecule has 0 bridgehead atoms. The summed E-state index contributed by atoms with van der Waals surface area (Å²) in [7, 11) is -2.41. The molecule has 0 aliphatic rings. The van der Waals surface area contributed by atoms with E-state index in [1.54, 1.807) is 6.92 Å². The predicted molar refractivity (Wildman–Crippen MR) is 102 cm³/mol. The molecule has 136 valence electrons. The molecule has 0 unspecified atom stereocenters. The lowest BCUT2D eigenvalue weighted by atomic mass is 9.97. The van der Waals surface area contributed by atoms with Crippen LogP contribution in [0.3, 0.4) is 0 Å². The molecule has 1 N–H and O–H groups in total. The van der Waals surface area contributed by atoms with Crippen molar-refractivity contribution < 1.29 is 13.2 Å². The Bertz CT molecular complexity index is 911. The molecular formula is C18H21Cl2NO3S. The minimum absolute atomic E-state index is 0.0578. The van der Waals surface area contributed by atoms with Crippen LogP contribution in [0.2, 0.25) is 10.0 Å². The molecule has 1 atom stereocenters. The first kappa shape index (κ1) is 20.0. The molecule has 0 aliphatic heterocycles. The number of rotatable bonds is 5. The van der Waals surface area contributed by atoms with Gasteiger partial charge in [0.05, 0.1) is 12.1 Å². The smallest absolute Gasteiger partial charge is 0.242 e. The number of halogens is 2. The molecule has 7 heteroatoms. The summed E-state index contributed by atoms with van der Waals surface area (Å²) >= 11 is 12.2. The van der Waals surface area contributed by atoms with Gasteiger partial charge in [0.15, 0.2) is 0 Å². The zero-order chi connectivity index (χ0) is 18.9. The van der Waals surface area contributed by atoms with Crippen LogP contribution >= 0.6 is 23.2 Å². The number of benzene rings is 2. The van der Waals surface area contributed by atoms with Gasteiger partial charge >= 0.3 is 0 Å². The number of hydrogen-bond acceptors (Lipinski definition) is 3. The van der Waals surface area contributed by atoms with E-state index in [-0.39, 0.29) is 14.9 Å². The van der Waals surface area contributed by atoms with E-state index < -0.39 is 16.1 Å². The van der Waals surface area contributed by atoms with E-state index in [0.29, 0.717) is 5.75 Å². The average molecular weight is 402 g/mol. The van der Waals surface area contributed by atoms with Crippen LogP contribution < -0.4 is 9.46 Å². The second-order valence-corrected chi connectivity index (χ2v) is 8.47. The average Bonchev–Trinajstić information content (AvgIpc) is 2.52. The van der Waals surface area contributed by atoms with Gasteiger partial charge in [-0.2, -0.15) is 0 Å². The molecule has 0 aliphatic carbocycles. The topological polar surface area (TPSA) is 55.4 Å². The standard InChI is InChI=1S/C18H21Cl2NO3S/c1-10-8-12(3)14(9-11(10)2)13(4)21-25(22,23)16-7-6-15(24-5)17(19)18(16)20/h6-9,13,21H,1-5H3/t13-/m1/s1. The van der Waals surface area contributed by atoms with Crippen molar-refractivity contribution in [1.82, 2.24) is 4.72 Å². The summed E-state index contributed by atoms with van der Waals surface area (Å²) in [5, 5.41) is 0.0135. The van der Waals surface area contributed by atoms with Gasteiger partial charge in [-0.05, 0) is 62.1 Å². The molecule has 0 saturated carbocycles. The van der Waals surface area contributed by atoms with Crippen LogP contribution in [0.25, 0.3) is 0 Å². The molecule has 0 aromatic heterocycles. The van der Waals surface area contributed by atoms with E-state index in [1.165, 1.54) is 24.8 Å². The number of sulfonamides is 1. The minimum Gasteiger partial charge on any atom is -0.495 e. The zero-order valence-corrected chi connectivity index (χ0v) is 17.1. The van der Waals surface area contributed by atoms with Crippen molar-refractivity contribution in [2.24, 2.45) is 0 Å². The molecule has 0 amide bonds. The maximum absolute atomic E-state index is 12.8. The second-order valence-electron chi connectivity index (χ2n) is 6.03. The van der Waals surface area contributed by atoms with Crippen molar-refractivity contribution >= 4 is 33.2 Å². The van der Waals surface area contributed by atoms with Crippen molar-refractivity contribution in [3.8, 4) is 5.75 Å². The molecule has 4 nitrogen and oxygen atoms in total. The molecular weight excluding hydrogens is 381 g/mol. The van der Waals surface area contributed by atoms with E-state index in [9.17, 15) is 8.42 Å². The van der Waals surface area contributed by atoms with Crippen molar-refractivity contribution in [2.45, 2.75) is 38.6 Å². The van der Waals surface area contributed by atoms with E-state index in [2.05, 4.69) is 4.72 Å². The first-order valence-electron chi connectivity index (χ1n) is 7.70. The molecule has 2 aromatic carbocycles. The van der Waals surface area contributed by atoms with Gasteiger partial charge in [0.25, 0.3) is 0 Å². The summed E-state index contributed by atoms with van der Waals surface area (Å²) in [5.41, 5.74) is 4.22. The summed E-state index contributed by atoms with van der Waals surface area (Å²) in [6.07, 6.45) is 0. The highest BCUT2D eigenvalue weighted by atomic mass is 35.5. The lowest BCUT2D eigenvalue weighted by Gasteiger charge is -2.19. The Labute approximate surface area is 159 Å². The largest absolute Gasteiger partial charge is 0.495 e. The number of aryl methyl sites for hydroxylation is 3. The SMILES string of the molecule is COc1ccc(S(=O)(=O)N[C@H](C)c2cc(C)c(C)cc2C)c(Cl)c1Cl. The lowest BCUT2D eigenvalue weighted by molar-refractivity contribution is 0.414. The van der Waals surface area contributed by atoms with Crippen LogP contribution in [0.1, 0.15) is 35.2 Å². The molecule has 2 rings (SSSR count). The van der Waals surface area contributed by atoms with Crippen molar-refractivity contribution in [3.63, 3.8) is 0 Å². The third-order valence-corrected chi connectivity index (χ3v) is 6.76. The first-order chi connectivity index (χ1) is 11.6. The van der Waals surface area contributed by atoms with Crippen molar-refractivity contribution in [3.05, 3.63) is 56.6 Å². The molecule has 0 saturated heterocycles. The summed E-state index contributed by atoms with van der Waals surface area (Å²) in [6, 6.07) is 6.50. The summed E-state index contributed by atoms with van der Waals surface area (Å²) < 4.78 is 33.2. The Kier molecular flexibility index (Phi) is 6.05. The Morgan fingerprint density at radius 1 is 1.00 bits per heavy atom. The van der Waals surface area contributed by atoms with Gasteiger partial charge < -0.3 is 4.74 Å². The highest BCUT2D eigenvalue weighted by Gasteiger charge is 2.24. The van der Waals surface area contributed by atoms with E-state index in [4.69, 9.17) is 27.9 Å². The molecule has 0 fully saturated rings. The fourth-order valence-corrected chi connectivity index (χ4v) is 4.75. The molecule has 0 spiro atoms. The Morgan fingerprint density at radius 3 is 2.20 bits per heavy atom. The monoisotopic (exact) mass is 401 g/mol. The second kappa shape index (κ2) is 7.54. The summed E-state index contributed by atoms with van der Waals surface area (Å²) in [4.78, 5) is -0.0756. The Balaban J connectivity index is 2.39. The van der Waals surface area contributed by atoms with Crippen molar-refractivity contribution in [2.75, 3.05) is 7.11 Å². The normalized spacial score (nSPS) is 12.9. The fourth-order valence-electron chi connectivity index (χ4n) is 2.69. The minimum atomic E-state index is -3.85. The van der Waals surface area contributed by atoms with Crippen LogP contribution in [-0.4, -0.2) is 15.5 Å². The van der Waals surface area contributed by atoms with Gasteiger partial charge in [-0.25, -0.2) is 13.1 Å². The van der Waals surface area contributed by atoms with Gasteiger partial charge in [0.1, 0.15) is 15.7 Å². The van der Waals surface area contributed by atoms with E-state index in [0.717, 1.165) is 16.7 Å². The van der Waals surface area contributed by atoms with Crippen LogP contribution in [0.15, 0.2) is 29.2 Å². The molecule has 25 heavy (non-hydrogen) atoms. The maximum Gasteiger partial charge on any atom is 0.242 e. The van der Waals surface area contributed by atoms with Gasteiger partial charge in [0, 0.05) is 6.04 Å². The van der Waals surface area contributed by atoms with Crippen LogP contribution in [-0.2, 0) is 10.0 Å². The quantitative estimate of drug-likeness (QED) is 0.769. The maximum atomic E-state index is 12.8. The molecule has 2 aromatic rings. The number of ether oxygens (including phenoxy) is 1. The number of nitrogens with one attached hydrogen (secondary N) is 1. The zero-order valence-electron chi connectivity index (χ0n) is 14.8. The van der Waals surface area contributed by atoms with Crippen LogP contribution in [0, 0.1) is 20.8 Å². The summed E-state index contributed by atoms with van der Waals surface area (Å²) in [5.74, 6) is 0.323. The third kappa shape index (κ3) is 4.11. The Morgan fingerprint density at radius 2 is 1.60 bits per heavy atom. The van der Waals surface area contributed by atoms with E-state index >= 15 is 0 Å². The van der Waals surface area contributed by atoms with Crippen LogP contribution in [0.4, 0.5) is 0 Å². The number of hydrogen-bond donors (Lipinski definition) is 1. The number of methoxy groups -OCH3 is 1. The predicted octanol–water partition coefficient (Wildman–Crippen LogP) is 4.97. The first-order valence-corrected chi connectivity index (χ1v) is 9.94. The van der Waals surface area contributed by atoms with Gasteiger partial charge in [0.2, 0.25) is 10.0 Å². The highest BCUT2D eigenvalue weighted by Crippen LogP contribution is 2.37. The van der Waals surface area contributed by atoms with Crippen LogP contribution in [0.5, 0.6) is 5.75 Å². The van der Waals surface area contributed by atoms with E-state index in [1.807, 2.05) is 32.9 Å². The summed E-state index contributed by atoms with van der Waals surface area (Å²) in [6.45, 7) is 7.79. The lowest BCUT2D eigenvalue weighted by Crippen LogP contribution is -2.27. The molecule has 0 heterocycles. The molecule has 0 radical (unpaired) electrons. The van der Waals surface area contributed by atoms with Gasteiger partial charge in [-0.3, -0.25) is 0 Å². The van der Waals surface area contributed by atoms with Crippen molar-refractivity contribution in [1.29, 1.82) is 0 Å². The van der Waals surface area contributed by atoms with Gasteiger partial charge in [-0.1, -0.05) is 35.3 Å². The highest BCUT2D eigenvalue weighted by molar-refractivity contribution is 7.89. The Hall–Kier alpha value is -1.27.